The molecule has 4 nitrogen and oxygen atoms in total. The summed E-state index contributed by atoms with van der Waals surface area (Å²) < 4.78 is 0.987. The number of carbonyl (C=O) groups excluding carboxylic acids is 1. The molecule has 0 radical (unpaired) electrons. The maximum atomic E-state index is 11.9. The van der Waals surface area contributed by atoms with Crippen molar-refractivity contribution in [2.75, 3.05) is 7.05 Å². The average Bonchev–Trinajstić information content (AvgIpc) is 2.36. The highest BCUT2D eigenvalue weighted by atomic mass is 79.9. The number of carboxylic acids is 1. The number of unbranched alkanes of at least 4 members (excludes halogenated alkanes) is 1. The van der Waals surface area contributed by atoms with Crippen molar-refractivity contribution in [3.8, 4) is 0 Å². The van der Waals surface area contributed by atoms with E-state index in [1.54, 1.807) is 11.9 Å². The number of rotatable bonds is 7. The van der Waals surface area contributed by atoms with E-state index in [0.29, 0.717) is 25.8 Å². The zero-order valence-corrected chi connectivity index (χ0v) is 12.5. The Bertz CT molecular complexity index is 448. The Morgan fingerprint density at radius 2 is 1.84 bits per heavy atom. The van der Waals surface area contributed by atoms with E-state index in [2.05, 4.69) is 15.9 Å². The Balaban J connectivity index is 2.37. The van der Waals surface area contributed by atoms with Crippen LogP contribution in [0.4, 0.5) is 0 Å². The number of hydrogen-bond donors (Lipinski definition) is 1. The van der Waals surface area contributed by atoms with E-state index in [1.807, 2.05) is 24.3 Å². The van der Waals surface area contributed by atoms with Gasteiger partial charge in [0.1, 0.15) is 0 Å². The fraction of sp³-hybridized carbons (Fsp3) is 0.429. The number of benzene rings is 1. The normalized spacial score (nSPS) is 10.2. The molecule has 1 amide bonds. The predicted octanol–water partition coefficient (Wildman–Crippen LogP) is 3.05. The summed E-state index contributed by atoms with van der Waals surface area (Å²) in [6, 6.07) is 7.78. The van der Waals surface area contributed by atoms with Gasteiger partial charge in [0.05, 0.1) is 0 Å². The SMILES string of the molecule is CN(Cc1ccccc1Br)C(=O)CCCCC(=O)O. The van der Waals surface area contributed by atoms with E-state index >= 15 is 0 Å². The van der Waals surface area contributed by atoms with E-state index in [0.717, 1.165) is 10.0 Å². The Hall–Kier alpha value is -1.36. The van der Waals surface area contributed by atoms with Crippen molar-refractivity contribution in [3.05, 3.63) is 34.3 Å². The zero-order valence-electron chi connectivity index (χ0n) is 10.9. The van der Waals surface area contributed by atoms with E-state index < -0.39 is 5.97 Å². The van der Waals surface area contributed by atoms with E-state index in [9.17, 15) is 9.59 Å². The van der Waals surface area contributed by atoms with Gasteiger partial charge in [-0.3, -0.25) is 9.59 Å². The molecule has 104 valence electrons. The molecule has 0 aromatic heterocycles. The quantitative estimate of drug-likeness (QED) is 0.783. The molecule has 0 spiro atoms. The first kappa shape index (κ1) is 15.7. The second-order valence-corrected chi connectivity index (χ2v) is 5.30. The highest BCUT2D eigenvalue weighted by Gasteiger charge is 2.10. The third-order valence-corrected chi connectivity index (χ3v) is 3.60. The van der Waals surface area contributed by atoms with E-state index in [-0.39, 0.29) is 12.3 Å². The molecule has 0 atom stereocenters. The van der Waals surface area contributed by atoms with Gasteiger partial charge in [-0.1, -0.05) is 34.1 Å². The van der Waals surface area contributed by atoms with Gasteiger partial charge in [-0.2, -0.15) is 0 Å². The number of carboxylic acid groups (broad SMARTS) is 1. The molecule has 5 heteroatoms. The third-order valence-electron chi connectivity index (χ3n) is 2.82. The average molecular weight is 328 g/mol. The van der Waals surface area contributed by atoms with Crippen molar-refractivity contribution in [2.45, 2.75) is 32.2 Å². The molecule has 0 saturated carbocycles. The van der Waals surface area contributed by atoms with Gasteiger partial charge in [0.25, 0.3) is 0 Å². The number of aliphatic carboxylic acids is 1. The standard InChI is InChI=1S/C14H18BrNO3/c1-16(10-11-6-2-3-7-12(11)15)13(17)8-4-5-9-14(18)19/h2-3,6-7H,4-5,8-10H2,1H3,(H,18,19). The molecule has 1 aromatic rings. The van der Waals surface area contributed by atoms with Crippen LogP contribution in [-0.4, -0.2) is 28.9 Å². The molecule has 0 fully saturated rings. The van der Waals surface area contributed by atoms with Crippen LogP contribution in [0.5, 0.6) is 0 Å². The summed E-state index contributed by atoms with van der Waals surface area (Å²) in [5, 5.41) is 8.51. The van der Waals surface area contributed by atoms with Crippen LogP contribution >= 0.6 is 15.9 Å². The summed E-state index contributed by atoms with van der Waals surface area (Å²) in [5.41, 5.74) is 1.06. The Morgan fingerprint density at radius 3 is 2.47 bits per heavy atom. The van der Waals surface area contributed by atoms with Crippen LogP contribution in [0.1, 0.15) is 31.2 Å². The summed E-state index contributed by atoms with van der Waals surface area (Å²) in [6.07, 6.45) is 1.69. The van der Waals surface area contributed by atoms with Gasteiger partial charge < -0.3 is 10.0 Å². The monoisotopic (exact) mass is 327 g/mol. The molecule has 1 aromatic carbocycles. The van der Waals surface area contributed by atoms with Gasteiger partial charge in [-0.25, -0.2) is 0 Å². The largest absolute Gasteiger partial charge is 0.481 e. The van der Waals surface area contributed by atoms with Gasteiger partial charge in [0.2, 0.25) is 5.91 Å². The highest BCUT2D eigenvalue weighted by Crippen LogP contribution is 2.17. The Morgan fingerprint density at radius 1 is 1.21 bits per heavy atom. The minimum Gasteiger partial charge on any atom is -0.481 e. The Kier molecular flexibility index (Phi) is 6.56. The minimum atomic E-state index is -0.811. The second kappa shape index (κ2) is 7.94. The first-order valence-electron chi connectivity index (χ1n) is 6.20. The summed E-state index contributed by atoms with van der Waals surface area (Å²) in [7, 11) is 1.76. The smallest absolute Gasteiger partial charge is 0.303 e. The van der Waals surface area contributed by atoms with Crippen molar-refractivity contribution in [1.29, 1.82) is 0 Å². The first-order valence-corrected chi connectivity index (χ1v) is 6.99. The van der Waals surface area contributed by atoms with Crippen LogP contribution in [-0.2, 0) is 16.1 Å². The van der Waals surface area contributed by atoms with E-state index in [1.165, 1.54) is 0 Å². The maximum absolute atomic E-state index is 11.9. The van der Waals surface area contributed by atoms with Gasteiger partial charge in [-0.15, -0.1) is 0 Å². The molecule has 1 N–H and O–H groups in total. The molecule has 0 heterocycles. The lowest BCUT2D eigenvalue weighted by Gasteiger charge is -2.18. The van der Waals surface area contributed by atoms with Crippen molar-refractivity contribution in [2.24, 2.45) is 0 Å². The number of hydrogen-bond acceptors (Lipinski definition) is 2. The topological polar surface area (TPSA) is 57.6 Å². The maximum Gasteiger partial charge on any atom is 0.303 e. The molecule has 0 aliphatic heterocycles. The lowest BCUT2D eigenvalue weighted by molar-refractivity contribution is -0.137. The molecule has 0 aliphatic carbocycles. The van der Waals surface area contributed by atoms with Gasteiger partial charge >= 0.3 is 5.97 Å². The summed E-state index contributed by atoms with van der Waals surface area (Å²) in [6.45, 7) is 0.555. The summed E-state index contributed by atoms with van der Waals surface area (Å²) in [5.74, 6) is -0.768. The molecule has 19 heavy (non-hydrogen) atoms. The van der Waals surface area contributed by atoms with Crippen LogP contribution in [0, 0.1) is 0 Å². The molecule has 0 unspecified atom stereocenters. The highest BCUT2D eigenvalue weighted by molar-refractivity contribution is 9.10. The van der Waals surface area contributed by atoms with Crippen LogP contribution in [0.3, 0.4) is 0 Å². The van der Waals surface area contributed by atoms with Gasteiger partial charge in [-0.05, 0) is 24.5 Å². The van der Waals surface area contributed by atoms with Crippen molar-refractivity contribution in [3.63, 3.8) is 0 Å². The predicted molar refractivity (Wildman–Crippen MR) is 76.7 cm³/mol. The van der Waals surface area contributed by atoms with E-state index in [4.69, 9.17) is 5.11 Å². The lowest BCUT2D eigenvalue weighted by Crippen LogP contribution is -2.26. The zero-order chi connectivity index (χ0) is 14.3. The summed E-state index contributed by atoms with van der Waals surface area (Å²) >= 11 is 3.45. The van der Waals surface area contributed by atoms with Crippen molar-refractivity contribution < 1.29 is 14.7 Å². The van der Waals surface area contributed by atoms with Crippen molar-refractivity contribution >= 4 is 27.8 Å². The van der Waals surface area contributed by atoms with Crippen LogP contribution in [0.15, 0.2) is 28.7 Å². The van der Waals surface area contributed by atoms with Crippen LogP contribution in [0.25, 0.3) is 0 Å². The molecule has 0 bridgehead atoms. The van der Waals surface area contributed by atoms with Crippen LogP contribution < -0.4 is 0 Å². The second-order valence-electron chi connectivity index (χ2n) is 4.44. The van der Waals surface area contributed by atoms with Crippen molar-refractivity contribution in [1.82, 2.24) is 4.90 Å². The molecular formula is C14H18BrNO3. The first-order chi connectivity index (χ1) is 9.00. The minimum absolute atomic E-state index is 0.0427. The fourth-order valence-corrected chi connectivity index (χ4v) is 2.12. The number of amides is 1. The Labute approximate surface area is 121 Å². The van der Waals surface area contributed by atoms with Gasteiger partial charge in [0.15, 0.2) is 0 Å². The number of halogens is 1. The third kappa shape index (κ3) is 5.87. The fourth-order valence-electron chi connectivity index (χ4n) is 1.71. The number of carbonyl (C=O) groups is 2. The molecule has 1 rings (SSSR count). The molecular weight excluding hydrogens is 310 g/mol. The van der Waals surface area contributed by atoms with Gasteiger partial charge in [0, 0.05) is 30.9 Å². The molecule has 0 aliphatic rings. The molecule has 0 saturated heterocycles. The summed E-state index contributed by atoms with van der Waals surface area (Å²) in [4.78, 5) is 23.9. The lowest BCUT2D eigenvalue weighted by atomic mass is 10.1. The van der Waals surface area contributed by atoms with Crippen LogP contribution in [0.2, 0.25) is 0 Å². The number of nitrogens with zero attached hydrogens (tertiary/aromatic N) is 1.